The van der Waals surface area contributed by atoms with Crippen LogP contribution in [0, 0.1) is 5.41 Å². The molecule has 1 aliphatic heterocycles. The predicted molar refractivity (Wildman–Crippen MR) is 87.5 cm³/mol. The van der Waals surface area contributed by atoms with Crippen LogP contribution in [0.2, 0.25) is 0 Å². The highest BCUT2D eigenvalue weighted by atomic mass is 16.5. The van der Waals surface area contributed by atoms with Gasteiger partial charge < -0.3 is 14.5 Å². The van der Waals surface area contributed by atoms with Crippen molar-refractivity contribution in [3.8, 4) is 11.4 Å². The van der Waals surface area contributed by atoms with Gasteiger partial charge >= 0.3 is 5.97 Å². The van der Waals surface area contributed by atoms with Gasteiger partial charge in [0.25, 0.3) is 0 Å². The van der Waals surface area contributed by atoms with Crippen LogP contribution < -0.4 is 0 Å². The summed E-state index contributed by atoms with van der Waals surface area (Å²) in [5, 5.41) is 13.4. The van der Waals surface area contributed by atoms with Crippen molar-refractivity contribution in [3.63, 3.8) is 0 Å². The zero-order valence-corrected chi connectivity index (χ0v) is 13.5. The molecular formula is C18H21N3O3. The highest BCUT2D eigenvalue weighted by Gasteiger charge is 2.51. The molecule has 1 aromatic carbocycles. The van der Waals surface area contributed by atoms with Crippen LogP contribution >= 0.6 is 0 Å². The molecule has 4 rings (SSSR count). The van der Waals surface area contributed by atoms with Crippen LogP contribution in [0.25, 0.3) is 11.4 Å². The molecular weight excluding hydrogens is 306 g/mol. The van der Waals surface area contributed by atoms with E-state index in [1.165, 1.54) is 0 Å². The average molecular weight is 327 g/mol. The van der Waals surface area contributed by atoms with Crippen molar-refractivity contribution in [2.45, 2.75) is 31.6 Å². The monoisotopic (exact) mass is 327 g/mol. The number of hydrogen-bond acceptors (Lipinski definition) is 5. The molecule has 0 spiro atoms. The number of aliphatic carboxylic acids is 1. The van der Waals surface area contributed by atoms with Crippen molar-refractivity contribution < 1.29 is 14.4 Å². The van der Waals surface area contributed by atoms with Crippen molar-refractivity contribution in [2.75, 3.05) is 19.6 Å². The maximum atomic E-state index is 11.3. The van der Waals surface area contributed by atoms with Gasteiger partial charge in [0, 0.05) is 18.0 Å². The van der Waals surface area contributed by atoms with E-state index in [4.69, 9.17) is 4.52 Å². The Morgan fingerprint density at radius 1 is 1.25 bits per heavy atom. The van der Waals surface area contributed by atoms with Gasteiger partial charge in [-0.15, -0.1) is 0 Å². The van der Waals surface area contributed by atoms with Crippen molar-refractivity contribution >= 4 is 5.97 Å². The minimum atomic E-state index is -0.644. The summed E-state index contributed by atoms with van der Waals surface area (Å²) in [6, 6.07) is 9.82. The topological polar surface area (TPSA) is 79.5 Å². The van der Waals surface area contributed by atoms with E-state index in [0.717, 1.165) is 44.3 Å². The smallest absolute Gasteiger partial charge is 0.310 e. The number of aromatic nitrogens is 2. The first-order valence-corrected chi connectivity index (χ1v) is 8.51. The van der Waals surface area contributed by atoms with Gasteiger partial charge in [-0.25, -0.2) is 0 Å². The minimum Gasteiger partial charge on any atom is -0.481 e. The molecule has 2 aliphatic rings. The van der Waals surface area contributed by atoms with Gasteiger partial charge in [0.1, 0.15) is 0 Å². The predicted octanol–water partition coefficient (Wildman–Crippen LogP) is 2.78. The van der Waals surface area contributed by atoms with Crippen molar-refractivity contribution in [1.29, 1.82) is 0 Å². The molecule has 2 aromatic rings. The highest BCUT2D eigenvalue weighted by Crippen LogP contribution is 2.47. The molecule has 1 N–H and O–H groups in total. The first-order valence-electron chi connectivity index (χ1n) is 8.51. The molecule has 0 unspecified atom stereocenters. The van der Waals surface area contributed by atoms with E-state index in [9.17, 15) is 9.90 Å². The summed E-state index contributed by atoms with van der Waals surface area (Å²) < 4.78 is 5.47. The molecule has 126 valence electrons. The number of benzene rings is 1. The van der Waals surface area contributed by atoms with Gasteiger partial charge in [-0.1, -0.05) is 35.5 Å². The van der Waals surface area contributed by atoms with Gasteiger partial charge in [0.05, 0.1) is 5.41 Å². The summed E-state index contributed by atoms with van der Waals surface area (Å²) in [6.45, 7) is 2.46. The Balaban J connectivity index is 1.36. The molecule has 6 heteroatoms. The number of piperidine rings is 1. The van der Waals surface area contributed by atoms with E-state index in [-0.39, 0.29) is 5.92 Å². The first kappa shape index (κ1) is 15.3. The lowest BCUT2D eigenvalue weighted by Crippen LogP contribution is -2.39. The third-order valence-corrected chi connectivity index (χ3v) is 5.24. The van der Waals surface area contributed by atoms with Crippen LogP contribution in [0.5, 0.6) is 0 Å². The molecule has 1 saturated carbocycles. The highest BCUT2D eigenvalue weighted by molar-refractivity contribution is 5.78. The second-order valence-corrected chi connectivity index (χ2v) is 6.96. The number of hydrogen-bond donors (Lipinski definition) is 1. The van der Waals surface area contributed by atoms with E-state index in [0.29, 0.717) is 18.3 Å². The second-order valence-electron chi connectivity index (χ2n) is 6.96. The number of likely N-dealkylation sites (tertiary alicyclic amines) is 1. The lowest BCUT2D eigenvalue weighted by atomic mass is 9.95. The van der Waals surface area contributed by atoms with E-state index < -0.39 is 11.4 Å². The van der Waals surface area contributed by atoms with Crippen LogP contribution in [0.15, 0.2) is 34.9 Å². The average Bonchev–Trinajstić information content (AvgIpc) is 3.23. The Kier molecular flexibility index (Phi) is 3.84. The third kappa shape index (κ3) is 2.94. The lowest BCUT2D eigenvalue weighted by Gasteiger charge is -2.32. The third-order valence-electron chi connectivity index (χ3n) is 5.24. The molecule has 0 amide bonds. The SMILES string of the molecule is O=C(O)C1(CN2CCC(c3nc(-c4ccccc4)no3)CC2)CC1. The Hall–Kier alpha value is -2.21. The largest absolute Gasteiger partial charge is 0.481 e. The zero-order chi connectivity index (χ0) is 16.6. The maximum Gasteiger partial charge on any atom is 0.310 e. The summed E-state index contributed by atoms with van der Waals surface area (Å²) in [5.74, 6) is 0.962. The van der Waals surface area contributed by atoms with Crippen molar-refractivity contribution in [1.82, 2.24) is 15.0 Å². The van der Waals surface area contributed by atoms with Crippen molar-refractivity contribution in [3.05, 3.63) is 36.2 Å². The van der Waals surface area contributed by atoms with Gasteiger partial charge in [0.2, 0.25) is 11.7 Å². The van der Waals surface area contributed by atoms with Crippen LogP contribution in [0.1, 0.15) is 37.5 Å². The Morgan fingerprint density at radius 2 is 1.96 bits per heavy atom. The molecule has 2 fully saturated rings. The first-order chi connectivity index (χ1) is 11.7. The van der Waals surface area contributed by atoms with Crippen molar-refractivity contribution in [2.24, 2.45) is 5.41 Å². The Labute approximate surface area is 140 Å². The minimum absolute atomic E-state index is 0.270. The summed E-state index contributed by atoms with van der Waals surface area (Å²) in [7, 11) is 0. The molecule has 0 atom stereocenters. The molecule has 0 bridgehead atoms. The fourth-order valence-electron chi connectivity index (χ4n) is 3.46. The molecule has 1 aromatic heterocycles. The summed E-state index contributed by atoms with van der Waals surface area (Å²) in [4.78, 5) is 18.1. The molecule has 1 aliphatic carbocycles. The van der Waals surface area contributed by atoms with Crippen LogP contribution in [-0.2, 0) is 4.79 Å². The number of nitrogens with zero attached hydrogens (tertiary/aromatic N) is 3. The van der Waals surface area contributed by atoms with E-state index in [2.05, 4.69) is 15.0 Å². The molecule has 1 saturated heterocycles. The summed E-state index contributed by atoms with van der Waals surface area (Å²) in [6.07, 6.45) is 3.50. The van der Waals surface area contributed by atoms with Crippen LogP contribution in [0.3, 0.4) is 0 Å². The van der Waals surface area contributed by atoms with Gasteiger partial charge in [-0.2, -0.15) is 4.98 Å². The van der Waals surface area contributed by atoms with Gasteiger partial charge in [-0.05, 0) is 38.8 Å². The molecule has 24 heavy (non-hydrogen) atoms. The molecule has 0 radical (unpaired) electrons. The van der Waals surface area contributed by atoms with E-state index in [1.54, 1.807) is 0 Å². The second kappa shape index (κ2) is 6.02. The van der Waals surface area contributed by atoms with E-state index in [1.807, 2.05) is 30.3 Å². The van der Waals surface area contributed by atoms with Gasteiger partial charge in [0.15, 0.2) is 0 Å². The lowest BCUT2D eigenvalue weighted by molar-refractivity contribution is -0.144. The fourth-order valence-corrected chi connectivity index (χ4v) is 3.46. The quantitative estimate of drug-likeness (QED) is 0.909. The van der Waals surface area contributed by atoms with Crippen LogP contribution in [-0.4, -0.2) is 45.8 Å². The number of carboxylic acids is 1. The molecule has 6 nitrogen and oxygen atoms in total. The van der Waals surface area contributed by atoms with Gasteiger partial charge in [-0.3, -0.25) is 4.79 Å². The summed E-state index contributed by atoms with van der Waals surface area (Å²) >= 11 is 0. The number of rotatable bonds is 5. The normalized spacial score (nSPS) is 20.8. The molecule has 2 heterocycles. The zero-order valence-electron chi connectivity index (χ0n) is 13.5. The summed E-state index contributed by atoms with van der Waals surface area (Å²) in [5.41, 5.74) is 0.486. The Bertz CT molecular complexity index is 716. The fraction of sp³-hybridized carbons (Fsp3) is 0.500. The maximum absolute atomic E-state index is 11.3. The Morgan fingerprint density at radius 3 is 2.58 bits per heavy atom. The van der Waals surface area contributed by atoms with Crippen LogP contribution in [0.4, 0.5) is 0 Å². The number of carbonyl (C=O) groups is 1. The number of carboxylic acid groups (broad SMARTS) is 1. The van der Waals surface area contributed by atoms with E-state index >= 15 is 0 Å². The standard InChI is InChI=1S/C18H21N3O3/c22-17(23)18(8-9-18)12-21-10-6-14(7-11-21)16-19-15(20-24-16)13-4-2-1-3-5-13/h1-5,14H,6-12H2,(H,22,23).